The van der Waals surface area contributed by atoms with Crippen LogP contribution in [0.4, 0.5) is 4.79 Å². The molecule has 1 aliphatic rings. The summed E-state index contributed by atoms with van der Waals surface area (Å²) in [4.78, 5) is 27.3. The maximum atomic E-state index is 12.7. The van der Waals surface area contributed by atoms with Gasteiger partial charge < -0.3 is 15.0 Å². The smallest absolute Gasteiger partial charge is 0.407 e. The molecule has 1 aliphatic carbocycles. The standard InChI is InChI=1S/C29H39ClN2O5S/c1-21(33)32(17-14-22-8-6-11-26(18-22)38(5,35)36)25-12-15-29(16-13-25,23-9-7-10-24(30)19-23)20-31-27(34)37-28(2,3)4/h6-11,18-19,25H,12-17,20H2,1-5H3,(H,31,34)/t25-,29+. The highest BCUT2D eigenvalue weighted by Gasteiger charge is 2.39. The molecule has 2 amide bonds. The highest BCUT2D eigenvalue weighted by Crippen LogP contribution is 2.41. The second-order valence-electron chi connectivity index (χ2n) is 11.3. The molecule has 0 atom stereocenters. The highest BCUT2D eigenvalue weighted by molar-refractivity contribution is 7.90. The fourth-order valence-electron chi connectivity index (χ4n) is 5.19. The van der Waals surface area contributed by atoms with Gasteiger partial charge in [-0.1, -0.05) is 35.9 Å². The number of carbonyl (C=O) groups is 2. The first-order chi connectivity index (χ1) is 17.7. The van der Waals surface area contributed by atoms with Gasteiger partial charge in [0.05, 0.1) is 4.90 Å². The number of nitrogens with one attached hydrogen (secondary N) is 1. The van der Waals surface area contributed by atoms with Crippen molar-refractivity contribution in [1.29, 1.82) is 0 Å². The van der Waals surface area contributed by atoms with E-state index in [9.17, 15) is 18.0 Å². The number of benzene rings is 2. The molecule has 3 rings (SSSR count). The fourth-order valence-corrected chi connectivity index (χ4v) is 6.07. The molecular formula is C29H39ClN2O5S. The van der Waals surface area contributed by atoms with Crippen LogP contribution in [-0.4, -0.2) is 56.3 Å². The third-order valence-corrected chi connectivity index (χ3v) is 8.48. The Morgan fingerprint density at radius 2 is 1.76 bits per heavy atom. The number of hydrogen-bond acceptors (Lipinski definition) is 5. The average molecular weight is 563 g/mol. The summed E-state index contributed by atoms with van der Waals surface area (Å²) >= 11 is 6.33. The molecule has 0 unspecified atom stereocenters. The first kappa shape index (κ1) is 30.0. The number of carbonyl (C=O) groups excluding carboxylic acids is 2. The summed E-state index contributed by atoms with van der Waals surface area (Å²) in [5.74, 6) is -0.00333. The normalized spacial score (nSPS) is 20.0. The minimum Gasteiger partial charge on any atom is -0.444 e. The molecule has 2 aromatic carbocycles. The molecule has 0 radical (unpaired) electrons. The van der Waals surface area contributed by atoms with Crippen LogP contribution in [0.5, 0.6) is 0 Å². The van der Waals surface area contributed by atoms with Crippen LogP contribution < -0.4 is 5.32 Å². The predicted octanol–water partition coefficient (Wildman–Crippen LogP) is 5.54. The van der Waals surface area contributed by atoms with E-state index in [1.807, 2.05) is 56.0 Å². The molecule has 0 heterocycles. The van der Waals surface area contributed by atoms with Crippen LogP contribution in [-0.2, 0) is 31.2 Å². The molecule has 0 saturated heterocycles. The maximum Gasteiger partial charge on any atom is 0.407 e. The molecule has 0 aliphatic heterocycles. The van der Waals surface area contributed by atoms with E-state index in [0.29, 0.717) is 24.5 Å². The molecule has 208 valence electrons. The van der Waals surface area contributed by atoms with Gasteiger partial charge in [0.1, 0.15) is 5.60 Å². The van der Waals surface area contributed by atoms with Crippen LogP contribution in [0, 0.1) is 0 Å². The average Bonchev–Trinajstić information content (AvgIpc) is 2.82. The number of halogens is 1. The Morgan fingerprint density at radius 1 is 1.11 bits per heavy atom. The van der Waals surface area contributed by atoms with Crippen molar-refractivity contribution < 1.29 is 22.7 Å². The second-order valence-corrected chi connectivity index (χ2v) is 13.7. The molecule has 9 heteroatoms. The third kappa shape index (κ3) is 8.21. The Labute approximate surface area is 231 Å². The molecular weight excluding hydrogens is 524 g/mol. The monoisotopic (exact) mass is 562 g/mol. The Kier molecular flexibility index (Phi) is 9.52. The molecule has 1 saturated carbocycles. The maximum absolute atomic E-state index is 12.7. The van der Waals surface area contributed by atoms with E-state index < -0.39 is 21.5 Å². The lowest BCUT2D eigenvalue weighted by Gasteiger charge is -2.44. The molecule has 1 N–H and O–H groups in total. The van der Waals surface area contributed by atoms with Crippen molar-refractivity contribution in [2.45, 2.75) is 81.8 Å². The van der Waals surface area contributed by atoms with E-state index >= 15 is 0 Å². The van der Waals surface area contributed by atoms with Crippen molar-refractivity contribution in [3.05, 3.63) is 64.7 Å². The number of alkyl carbamates (subject to hydrolysis) is 1. The predicted molar refractivity (Wildman–Crippen MR) is 150 cm³/mol. The zero-order valence-electron chi connectivity index (χ0n) is 22.9. The van der Waals surface area contributed by atoms with E-state index in [4.69, 9.17) is 16.3 Å². The first-order valence-electron chi connectivity index (χ1n) is 13.0. The van der Waals surface area contributed by atoms with Crippen LogP contribution >= 0.6 is 11.6 Å². The lowest BCUT2D eigenvalue weighted by atomic mass is 9.67. The fraction of sp³-hybridized carbons (Fsp3) is 0.517. The van der Waals surface area contributed by atoms with Gasteiger partial charge in [-0.05, 0) is 88.3 Å². The van der Waals surface area contributed by atoms with E-state index in [1.54, 1.807) is 25.1 Å². The van der Waals surface area contributed by atoms with Crippen LogP contribution in [0.15, 0.2) is 53.4 Å². The van der Waals surface area contributed by atoms with Crippen molar-refractivity contribution in [2.75, 3.05) is 19.3 Å². The van der Waals surface area contributed by atoms with Gasteiger partial charge in [0.15, 0.2) is 9.84 Å². The van der Waals surface area contributed by atoms with E-state index in [1.165, 1.54) is 6.26 Å². The summed E-state index contributed by atoms with van der Waals surface area (Å²) in [7, 11) is -3.29. The number of ether oxygens (including phenoxy) is 1. The SMILES string of the molecule is CC(=O)N(CCc1cccc(S(C)(=O)=O)c1)[C@H]1CC[C@@](CNC(=O)OC(C)(C)C)(c2cccc(Cl)c2)CC1. The highest BCUT2D eigenvalue weighted by atomic mass is 35.5. The summed E-state index contributed by atoms with van der Waals surface area (Å²) < 4.78 is 29.3. The third-order valence-electron chi connectivity index (χ3n) is 7.13. The van der Waals surface area contributed by atoms with E-state index in [-0.39, 0.29) is 22.3 Å². The van der Waals surface area contributed by atoms with Crippen LogP contribution in [0.25, 0.3) is 0 Å². The van der Waals surface area contributed by atoms with Gasteiger partial charge in [0.25, 0.3) is 0 Å². The van der Waals surface area contributed by atoms with Crippen molar-refractivity contribution in [3.63, 3.8) is 0 Å². The minimum atomic E-state index is -3.29. The number of nitrogens with zero attached hydrogens (tertiary/aromatic N) is 1. The number of sulfone groups is 1. The zero-order valence-corrected chi connectivity index (χ0v) is 24.5. The molecule has 0 bridgehead atoms. The summed E-state index contributed by atoms with van der Waals surface area (Å²) in [6, 6.07) is 14.7. The Balaban J connectivity index is 1.73. The van der Waals surface area contributed by atoms with Crippen LogP contribution in [0.3, 0.4) is 0 Å². The molecule has 2 aromatic rings. The molecule has 0 spiro atoms. The van der Waals surface area contributed by atoms with Crippen molar-refractivity contribution in [3.8, 4) is 0 Å². The minimum absolute atomic E-state index is 0.00333. The number of amides is 2. The summed E-state index contributed by atoms with van der Waals surface area (Å²) in [6.45, 7) is 7.99. The summed E-state index contributed by atoms with van der Waals surface area (Å²) in [5, 5.41) is 3.61. The van der Waals surface area contributed by atoms with Crippen LogP contribution in [0.2, 0.25) is 5.02 Å². The van der Waals surface area contributed by atoms with Gasteiger partial charge in [-0.3, -0.25) is 4.79 Å². The Morgan fingerprint density at radius 3 is 2.34 bits per heavy atom. The molecule has 1 fully saturated rings. The topological polar surface area (TPSA) is 92.8 Å². The Bertz CT molecular complexity index is 1250. The van der Waals surface area contributed by atoms with E-state index in [0.717, 1.165) is 36.8 Å². The zero-order chi connectivity index (χ0) is 28.1. The van der Waals surface area contributed by atoms with Crippen molar-refractivity contribution >= 4 is 33.4 Å². The Hall–Kier alpha value is -2.58. The summed E-state index contributed by atoms with van der Waals surface area (Å²) in [6.07, 6.45) is 4.38. The van der Waals surface area contributed by atoms with Gasteiger partial charge in [0, 0.05) is 42.7 Å². The van der Waals surface area contributed by atoms with Gasteiger partial charge in [-0.15, -0.1) is 0 Å². The van der Waals surface area contributed by atoms with Crippen molar-refractivity contribution in [2.24, 2.45) is 0 Å². The first-order valence-corrected chi connectivity index (χ1v) is 15.2. The van der Waals surface area contributed by atoms with Gasteiger partial charge in [0.2, 0.25) is 5.91 Å². The second kappa shape index (κ2) is 12.1. The van der Waals surface area contributed by atoms with Gasteiger partial charge >= 0.3 is 6.09 Å². The van der Waals surface area contributed by atoms with Crippen LogP contribution in [0.1, 0.15) is 64.5 Å². The molecule has 0 aromatic heterocycles. The lowest BCUT2D eigenvalue weighted by Crippen LogP contribution is -2.49. The molecule has 7 nitrogen and oxygen atoms in total. The number of hydrogen-bond donors (Lipinski definition) is 1. The van der Waals surface area contributed by atoms with Gasteiger partial charge in [-0.2, -0.15) is 0 Å². The lowest BCUT2D eigenvalue weighted by molar-refractivity contribution is -0.132. The largest absolute Gasteiger partial charge is 0.444 e. The van der Waals surface area contributed by atoms with E-state index in [2.05, 4.69) is 5.32 Å². The quantitative estimate of drug-likeness (QED) is 0.456. The van der Waals surface area contributed by atoms with Gasteiger partial charge in [-0.25, -0.2) is 13.2 Å². The number of rotatable bonds is 8. The molecule has 38 heavy (non-hydrogen) atoms. The summed E-state index contributed by atoms with van der Waals surface area (Å²) in [5.41, 5.74) is 1.02. The van der Waals surface area contributed by atoms with Crippen molar-refractivity contribution in [1.82, 2.24) is 10.2 Å².